The number of anilines is 1. The topological polar surface area (TPSA) is 141 Å². The van der Waals surface area contributed by atoms with Crippen LogP contribution in [0.1, 0.15) is 5.56 Å². The lowest BCUT2D eigenvalue weighted by Gasteiger charge is -2.12. The van der Waals surface area contributed by atoms with Crippen molar-refractivity contribution in [2.24, 2.45) is 0 Å². The number of non-ortho nitro benzene ring substituents is 1. The Morgan fingerprint density at radius 3 is 2.65 bits per heavy atom. The van der Waals surface area contributed by atoms with E-state index in [0.29, 0.717) is 5.56 Å². The molecule has 1 N–H and O–H groups in total. The van der Waals surface area contributed by atoms with E-state index in [2.05, 4.69) is 10.1 Å². The van der Waals surface area contributed by atoms with E-state index in [1.54, 1.807) is 6.07 Å². The number of carbonyl (C=O) groups excluding carboxylic acids is 2. The zero-order chi connectivity index (χ0) is 23.0. The van der Waals surface area contributed by atoms with Crippen LogP contribution < -0.4 is 14.8 Å². The van der Waals surface area contributed by atoms with E-state index in [1.807, 2.05) is 0 Å². The number of nitrogens with zero attached hydrogens (tertiary/aromatic N) is 2. The molecule has 0 aliphatic heterocycles. The number of nitro benzene ring substituents is 1. The van der Waals surface area contributed by atoms with Gasteiger partial charge in [0.25, 0.3) is 11.6 Å². The lowest BCUT2D eigenvalue weighted by molar-refractivity contribution is -0.384. The van der Waals surface area contributed by atoms with Gasteiger partial charge in [0.2, 0.25) is 0 Å². The van der Waals surface area contributed by atoms with Gasteiger partial charge in [0.1, 0.15) is 11.6 Å². The van der Waals surface area contributed by atoms with Crippen molar-refractivity contribution >= 4 is 40.9 Å². The van der Waals surface area contributed by atoms with Gasteiger partial charge in [-0.2, -0.15) is 5.26 Å². The van der Waals surface area contributed by atoms with E-state index in [1.165, 1.54) is 56.7 Å². The number of nitriles is 1. The van der Waals surface area contributed by atoms with Crippen molar-refractivity contribution < 1.29 is 28.7 Å². The number of carbonyl (C=O) groups is 2. The highest BCUT2D eigenvalue weighted by molar-refractivity contribution is 6.32. The van der Waals surface area contributed by atoms with Crippen LogP contribution in [0.3, 0.4) is 0 Å². The maximum absolute atomic E-state index is 12.4. The minimum absolute atomic E-state index is 0.0749. The first-order valence-electron chi connectivity index (χ1n) is 8.53. The van der Waals surface area contributed by atoms with Crippen LogP contribution in [0.15, 0.2) is 42.0 Å². The summed E-state index contributed by atoms with van der Waals surface area (Å²) < 4.78 is 15.0. The second kappa shape index (κ2) is 10.6. The molecule has 0 unspecified atom stereocenters. The highest BCUT2D eigenvalue weighted by Gasteiger charge is 2.16. The van der Waals surface area contributed by atoms with Crippen molar-refractivity contribution in [2.45, 2.75) is 0 Å². The summed E-state index contributed by atoms with van der Waals surface area (Å²) in [7, 11) is 2.56. The van der Waals surface area contributed by atoms with Crippen molar-refractivity contribution in [3.63, 3.8) is 0 Å². The Balaban J connectivity index is 2.29. The molecular formula is C20H16ClN3O7. The van der Waals surface area contributed by atoms with E-state index >= 15 is 0 Å². The molecular weight excluding hydrogens is 430 g/mol. The first-order chi connectivity index (χ1) is 14.8. The average Bonchev–Trinajstić information content (AvgIpc) is 2.76. The molecule has 0 atom stereocenters. The number of benzene rings is 2. The minimum Gasteiger partial charge on any atom is -0.493 e. The van der Waals surface area contributed by atoms with Gasteiger partial charge in [0.15, 0.2) is 18.1 Å². The van der Waals surface area contributed by atoms with Gasteiger partial charge >= 0.3 is 5.97 Å². The van der Waals surface area contributed by atoms with Crippen LogP contribution >= 0.6 is 11.6 Å². The van der Waals surface area contributed by atoms with Crippen LogP contribution in [0.2, 0.25) is 5.02 Å². The normalized spacial score (nSPS) is 10.6. The van der Waals surface area contributed by atoms with E-state index in [4.69, 9.17) is 21.1 Å². The van der Waals surface area contributed by atoms with Crippen molar-refractivity contribution in [1.82, 2.24) is 0 Å². The van der Waals surface area contributed by atoms with Gasteiger partial charge < -0.3 is 19.5 Å². The Bertz CT molecular complexity index is 1090. The highest BCUT2D eigenvalue weighted by atomic mass is 35.5. The molecule has 2 aromatic rings. The fourth-order valence-electron chi connectivity index (χ4n) is 2.36. The largest absolute Gasteiger partial charge is 0.493 e. The number of hydrogen-bond donors (Lipinski definition) is 1. The Morgan fingerprint density at radius 1 is 1.29 bits per heavy atom. The number of methoxy groups -OCH3 is 2. The molecule has 0 spiro atoms. The van der Waals surface area contributed by atoms with E-state index in [9.17, 15) is 25.0 Å². The second-order valence-corrected chi connectivity index (χ2v) is 6.24. The lowest BCUT2D eigenvalue weighted by atomic mass is 10.1. The van der Waals surface area contributed by atoms with Crippen LogP contribution in [0, 0.1) is 21.4 Å². The molecule has 11 heteroatoms. The second-order valence-electron chi connectivity index (χ2n) is 5.83. The Kier molecular flexibility index (Phi) is 7.94. The minimum atomic E-state index is -0.774. The standard InChI is InChI=1S/C20H16ClN3O7/c1-29-17-8-12(7-16(21)19(17)31-11-18(25)30-2)6-13(10-22)20(26)23-14-4-3-5-15(9-14)24(27)28/h3-9H,11H2,1-2H3,(H,23,26)/b13-6+. The summed E-state index contributed by atoms with van der Waals surface area (Å²) in [4.78, 5) is 34.0. The molecule has 31 heavy (non-hydrogen) atoms. The first-order valence-corrected chi connectivity index (χ1v) is 8.91. The van der Waals surface area contributed by atoms with Crippen LogP contribution in [-0.4, -0.2) is 37.6 Å². The summed E-state index contributed by atoms with van der Waals surface area (Å²) in [5.41, 5.74) is 0.00716. The smallest absolute Gasteiger partial charge is 0.343 e. The molecule has 2 aromatic carbocycles. The monoisotopic (exact) mass is 445 g/mol. The Morgan fingerprint density at radius 2 is 2.03 bits per heavy atom. The van der Waals surface area contributed by atoms with Crippen LogP contribution in [0.4, 0.5) is 11.4 Å². The summed E-state index contributed by atoms with van der Waals surface area (Å²) in [6.45, 7) is -0.392. The number of esters is 1. The van der Waals surface area contributed by atoms with Gasteiger partial charge in [-0.05, 0) is 29.8 Å². The van der Waals surface area contributed by atoms with Crippen molar-refractivity contribution in [3.05, 3.63) is 62.7 Å². The SMILES string of the molecule is COC(=O)COc1c(Cl)cc(/C=C(\C#N)C(=O)Nc2cccc([N+](=O)[O-])c2)cc1OC. The zero-order valence-electron chi connectivity index (χ0n) is 16.4. The number of amides is 1. The van der Waals surface area contributed by atoms with E-state index in [-0.39, 0.29) is 33.5 Å². The van der Waals surface area contributed by atoms with Gasteiger partial charge in [-0.15, -0.1) is 0 Å². The maximum Gasteiger partial charge on any atom is 0.343 e. The summed E-state index contributed by atoms with van der Waals surface area (Å²) in [5, 5.41) is 22.7. The number of nitro groups is 1. The first kappa shape index (κ1) is 23.2. The number of rotatable bonds is 8. The molecule has 160 valence electrons. The molecule has 0 bridgehead atoms. The number of nitrogens with one attached hydrogen (secondary N) is 1. The van der Waals surface area contributed by atoms with Gasteiger partial charge in [-0.25, -0.2) is 4.79 Å². The van der Waals surface area contributed by atoms with Gasteiger partial charge in [-0.3, -0.25) is 14.9 Å². The third kappa shape index (κ3) is 6.19. The molecule has 0 fully saturated rings. The van der Waals surface area contributed by atoms with Gasteiger partial charge in [0, 0.05) is 17.8 Å². The molecule has 2 rings (SSSR count). The summed E-state index contributed by atoms with van der Waals surface area (Å²) >= 11 is 6.19. The summed E-state index contributed by atoms with van der Waals surface area (Å²) in [6.07, 6.45) is 1.26. The average molecular weight is 446 g/mol. The molecule has 1 amide bonds. The number of hydrogen-bond acceptors (Lipinski definition) is 8. The summed E-state index contributed by atoms with van der Waals surface area (Å²) in [6, 6.07) is 9.93. The number of ether oxygens (including phenoxy) is 3. The maximum atomic E-state index is 12.4. The van der Waals surface area contributed by atoms with Crippen LogP contribution in [0.5, 0.6) is 11.5 Å². The zero-order valence-corrected chi connectivity index (χ0v) is 17.1. The molecule has 0 aromatic heterocycles. The molecule has 0 aliphatic rings. The van der Waals surface area contributed by atoms with E-state index in [0.717, 1.165) is 0 Å². The van der Waals surface area contributed by atoms with Crippen molar-refractivity contribution in [3.8, 4) is 17.6 Å². The molecule has 0 saturated heterocycles. The predicted octanol–water partition coefficient (Wildman–Crippen LogP) is 3.35. The fourth-order valence-corrected chi connectivity index (χ4v) is 2.64. The van der Waals surface area contributed by atoms with Crippen LogP contribution in [0.25, 0.3) is 6.08 Å². The van der Waals surface area contributed by atoms with Gasteiger partial charge in [-0.1, -0.05) is 17.7 Å². The Hall–Kier alpha value is -4.10. The van der Waals surface area contributed by atoms with Gasteiger partial charge in [0.05, 0.1) is 24.2 Å². The molecule has 0 heterocycles. The molecule has 0 saturated carbocycles. The lowest BCUT2D eigenvalue weighted by Crippen LogP contribution is -2.14. The molecule has 0 radical (unpaired) electrons. The highest BCUT2D eigenvalue weighted by Crippen LogP contribution is 2.37. The number of halogens is 1. The fraction of sp³-hybridized carbons (Fsp3) is 0.150. The molecule has 0 aliphatic carbocycles. The third-order valence-electron chi connectivity index (χ3n) is 3.80. The van der Waals surface area contributed by atoms with Crippen molar-refractivity contribution in [2.75, 3.05) is 26.1 Å². The van der Waals surface area contributed by atoms with E-state index < -0.39 is 23.4 Å². The quantitative estimate of drug-likeness (QED) is 0.214. The van der Waals surface area contributed by atoms with Crippen LogP contribution in [-0.2, 0) is 14.3 Å². The summed E-state index contributed by atoms with van der Waals surface area (Å²) in [5.74, 6) is -1.14. The molecule has 10 nitrogen and oxygen atoms in total. The van der Waals surface area contributed by atoms with Crippen molar-refractivity contribution in [1.29, 1.82) is 5.26 Å². The Labute approximate surface area is 181 Å². The third-order valence-corrected chi connectivity index (χ3v) is 4.09. The predicted molar refractivity (Wildman–Crippen MR) is 111 cm³/mol.